The van der Waals surface area contributed by atoms with Gasteiger partial charge >= 0.3 is 5.97 Å². The lowest BCUT2D eigenvalue weighted by molar-refractivity contribution is -0.138. The Labute approximate surface area is 108 Å². The fourth-order valence-corrected chi connectivity index (χ4v) is 2.53. The van der Waals surface area contributed by atoms with E-state index in [1.54, 1.807) is 0 Å². The molecule has 0 radical (unpaired) electrons. The van der Waals surface area contributed by atoms with Crippen molar-refractivity contribution in [3.8, 4) is 0 Å². The van der Waals surface area contributed by atoms with Gasteiger partial charge in [-0.1, -0.05) is 12.5 Å². The molecule has 1 unspecified atom stereocenters. The number of hydrogen-bond acceptors (Lipinski definition) is 3. The second kappa shape index (κ2) is 5.96. The van der Waals surface area contributed by atoms with Crippen LogP contribution in [0.2, 0.25) is 0 Å². The summed E-state index contributed by atoms with van der Waals surface area (Å²) in [6, 6.07) is 4.26. The van der Waals surface area contributed by atoms with Crippen molar-refractivity contribution in [2.24, 2.45) is 0 Å². The van der Waals surface area contributed by atoms with Gasteiger partial charge in [-0.05, 0) is 37.9 Å². The Hall–Kier alpha value is -1.42. The third-order valence-corrected chi connectivity index (χ3v) is 3.52. The molecule has 0 spiro atoms. The minimum absolute atomic E-state index is 0.178. The molecule has 1 aromatic rings. The van der Waals surface area contributed by atoms with Gasteiger partial charge in [-0.25, -0.2) is 0 Å². The van der Waals surface area contributed by atoms with Crippen LogP contribution in [0.1, 0.15) is 36.9 Å². The van der Waals surface area contributed by atoms with E-state index in [4.69, 9.17) is 5.11 Å². The van der Waals surface area contributed by atoms with Gasteiger partial charge in [0, 0.05) is 24.5 Å². The lowest BCUT2D eigenvalue weighted by Gasteiger charge is -2.34. The molecule has 1 aliphatic heterocycles. The van der Waals surface area contributed by atoms with Gasteiger partial charge in [0.1, 0.15) is 0 Å². The number of aryl methyl sites for hydroxylation is 1. The van der Waals surface area contributed by atoms with Gasteiger partial charge in [0.05, 0.1) is 6.42 Å². The summed E-state index contributed by atoms with van der Waals surface area (Å²) in [6.07, 6.45) is 5.43. The van der Waals surface area contributed by atoms with Gasteiger partial charge in [0.15, 0.2) is 0 Å². The number of aliphatic carboxylic acids is 1. The molecule has 0 aliphatic carbocycles. The zero-order valence-electron chi connectivity index (χ0n) is 10.8. The SMILES string of the molecule is Cc1ccc(CN2CCCCC2CC(=O)O)cn1. The summed E-state index contributed by atoms with van der Waals surface area (Å²) in [5.74, 6) is -0.700. The van der Waals surface area contributed by atoms with Crippen LogP contribution in [-0.4, -0.2) is 33.5 Å². The molecular weight excluding hydrogens is 228 g/mol. The quantitative estimate of drug-likeness (QED) is 0.887. The van der Waals surface area contributed by atoms with Crippen molar-refractivity contribution in [2.45, 2.75) is 45.2 Å². The Bertz CT molecular complexity index is 403. The molecular formula is C14H20N2O2. The van der Waals surface area contributed by atoms with E-state index in [1.165, 1.54) is 0 Å². The van der Waals surface area contributed by atoms with E-state index in [0.29, 0.717) is 0 Å². The minimum atomic E-state index is -0.700. The number of carboxylic acids is 1. The predicted molar refractivity (Wildman–Crippen MR) is 69.3 cm³/mol. The van der Waals surface area contributed by atoms with E-state index in [9.17, 15) is 4.79 Å². The van der Waals surface area contributed by atoms with Crippen molar-refractivity contribution in [1.29, 1.82) is 0 Å². The highest BCUT2D eigenvalue weighted by Crippen LogP contribution is 2.21. The molecule has 1 aromatic heterocycles. The molecule has 0 bridgehead atoms. The topological polar surface area (TPSA) is 53.4 Å². The highest BCUT2D eigenvalue weighted by Gasteiger charge is 2.24. The van der Waals surface area contributed by atoms with Crippen molar-refractivity contribution >= 4 is 5.97 Å². The third kappa shape index (κ3) is 3.53. The molecule has 0 amide bonds. The molecule has 1 aliphatic rings. The first kappa shape index (κ1) is 13.0. The maximum Gasteiger partial charge on any atom is 0.304 e. The zero-order chi connectivity index (χ0) is 13.0. The number of hydrogen-bond donors (Lipinski definition) is 1. The number of piperidine rings is 1. The van der Waals surface area contributed by atoms with Gasteiger partial charge in [-0.15, -0.1) is 0 Å². The molecule has 1 saturated heterocycles. The monoisotopic (exact) mass is 248 g/mol. The number of nitrogens with zero attached hydrogens (tertiary/aromatic N) is 2. The van der Waals surface area contributed by atoms with Crippen molar-refractivity contribution < 1.29 is 9.90 Å². The first-order valence-corrected chi connectivity index (χ1v) is 6.52. The largest absolute Gasteiger partial charge is 0.481 e. The molecule has 4 nitrogen and oxygen atoms in total. The van der Waals surface area contributed by atoms with Gasteiger partial charge in [-0.3, -0.25) is 14.7 Å². The Kier molecular flexibility index (Phi) is 4.31. The van der Waals surface area contributed by atoms with Gasteiger partial charge in [0.25, 0.3) is 0 Å². The Morgan fingerprint density at radius 3 is 3.00 bits per heavy atom. The minimum Gasteiger partial charge on any atom is -0.481 e. The van der Waals surface area contributed by atoms with Gasteiger partial charge in [-0.2, -0.15) is 0 Å². The van der Waals surface area contributed by atoms with E-state index in [0.717, 1.165) is 43.6 Å². The summed E-state index contributed by atoms with van der Waals surface area (Å²) < 4.78 is 0. The molecule has 0 saturated carbocycles. The number of aromatic nitrogens is 1. The summed E-state index contributed by atoms with van der Waals surface area (Å²) in [5, 5.41) is 8.95. The van der Waals surface area contributed by atoms with Crippen LogP contribution in [0.4, 0.5) is 0 Å². The van der Waals surface area contributed by atoms with Gasteiger partial charge < -0.3 is 5.11 Å². The van der Waals surface area contributed by atoms with Crippen LogP contribution in [0.5, 0.6) is 0 Å². The zero-order valence-corrected chi connectivity index (χ0v) is 10.8. The number of carboxylic acid groups (broad SMARTS) is 1. The Balaban J connectivity index is 2.00. The molecule has 4 heteroatoms. The fraction of sp³-hybridized carbons (Fsp3) is 0.571. The van der Waals surface area contributed by atoms with Crippen molar-refractivity contribution in [3.05, 3.63) is 29.6 Å². The Morgan fingerprint density at radius 1 is 1.50 bits per heavy atom. The average molecular weight is 248 g/mol. The second-order valence-corrected chi connectivity index (χ2v) is 5.03. The molecule has 2 rings (SSSR count). The summed E-state index contributed by atoms with van der Waals surface area (Å²) in [5.41, 5.74) is 2.18. The van der Waals surface area contributed by atoms with Crippen LogP contribution in [0.3, 0.4) is 0 Å². The summed E-state index contributed by atoms with van der Waals surface area (Å²) in [4.78, 5) is 17.4. The van der Waals surface area contributed by atoms with Gasteiger partial charge in [0.2, 0.25) is 0 Å². The molecule has 2 heterocycles. The molecule has 1 fully saturated rings. The lowest BCUT2D eigenvalue weighted by atomic mass is 9.99. The first-order valence-electron chi connectivity index (χ1n) is 6.52. The Morgan fingerprint density at radius 2 is 2.33 bits per heavy atom. The van der Waals surface area contributed by atoms with Crippen LogP contribution in [0.15, 0.2) is 18.3 Å². The first-order chi connectivity index (χ1) is 8.65. The molecule has 18 heavy (non-hydrogen) atoms. The van der Waals surface area contributed by atoms with E-state index >= 15 is 0 Å². The van der Waals surface area contributed by atoms with E-state index in [-0.39, 0.29) is 12.5 Å². The molecule has 0 aromatic carbocycles. The summed E-state index contributed by atoms with van der Waals surface area (Å²) in [6.45, 7) is 3.77. The number of pyridine rings is 1. The molecule has 98 valence electrons. The smallest absolute Gasteiger partial charge is 0.304 e. The maximum absolute atomic E-state index is 10.9. The number of carbonyl (C=O) groups is 1. The maximum atomic E-state index is 10.9. The highest BCUT2D eigenvalue weighted by atomic mass is 16.4. The highest BCUT2D eigenvalue weighted by molar-refractivity contribution is 5.67. The van der Waals surface area contributed by atoms with Crippen molar-refractivity contribution in [3.63, 3.8) is 0 Å². The van der Waals surface area contributed by atoms with E-state index in [2.05, 4.69) is 16.0 Å². The van der Waals surface area contributed by atoms with E-state index in [1.807, 2.05) is 19.2 Å². The van der Waals surface area contributed by atoms with Crippen molar-refractivity contribution in [1.82, 2.24) is 9.88 Å². The average Bonchev–Trinajstić information content (AvgIpc) is 2.34. The standard InChI is InChI=1S/C14H20N2O2/c1-11-5-6-12(9-15-11)10-16-7-3-2-4-13(16)8-14(17)18/h5-6,9,13H,2-4,7-8,10H2,1H3,(H,17,18). The van der Waals surface area contributed by atoms with Crippen LogP contribution < -0.4 is 0 Å². The van der Waals surface area contributed by atoms with Crippen LogP contribution in [0.25, 0.3) is 0 Å². The van der Waals surface area contributed by atoms with Crippen molar-refractivity contribution in [2.75, 3.05) is 6.54 Å². The number of likely N-dealkylation sites (tertiary alicyclic amines) is 1. The van der Waals surface area contributed by atoms with Crippen LogP contribution >= 0.6 is 0 Å². The second-order valence-electron chi connectivity index (χ2n) is 5.03. The summed E-state index contributed by atoms with van der Waals surface area (Å²) in [7, 11) is 0. The normalized spacial score (nSPS) is 20.8. The third-order valence-electron chi connectivity index (χ3n) is 3.52. The molecule has 1 atom stereocenters. The predicted octanol–water partition coefficient (Wildman–Crippen LogP) is 2.22. The van der Waals surface area contributed by atoms with Crippen LogP contribution in [-0.2, 0) is 11.3 Å². The van der Waals surface area contributed by atoms with E-state index < -0.39 is 5.97 Å². The lowest BCUT2D eigenvalue weighted by Crippen LogP contribution is -2.40. The van der Waals surface area contributed by atoms with Crippen LogP contribution in [0, 0.1) is 6.92 Å². The molecule has 1 N–H and O–H groups in total. The summed E-state index contributed by atoms with van der Waals surface area (Å²) >= 11 is 0. The fourth-order valence-electron chi connectivity index (χ4n) is 2.53. The number of rotatable bonds is 4.